The summed E-state index contributed by atoms with van der Waals surface area (Å²) in [4.78, 5) is 10.8. The molecular formula is C6H6N3+. The lowest BCUT2D eigenvalue weighted by Gasteiger charge is -1.91. The van der Waals surface area contributed by atoms with Gasteiger partial charge in [0.05, 0.1) is 18.2 Å². The highest BCUT2D eigenvalue weighted by atomic mass is 14.9. The molecule has 1 N–H and O–H groups in total. The van der Waals surface area contributed by atoms with Crippen molar-refractivity contribution in [1.29, 1.82) is 0 Å². The van der Waals surface area contributed by atoms with Gasteiger partial charge in [0.2, 0.25) is 0 Å². The Kier molecular flexibility index (Phi) is 0.773. The van der Waals surface area contributed by atoms with Crippen LogP contribution in [0, 0.1) is 0 Å². The van der Waals surface area contributed by atoms with Crippen LogP contribution in [0.15, 0.2) is 24.9 Å². The first-order valence-electron chi connectivity index (χ1n) is 2.69. The summed E-state index contributed by atoms with van der Waals surface area (Å²) in [6.45, 7) is 0. The highest BCUT2D eigenvalue weighted by Crippen LogP contribution is 2.13. The second-order valence-electron chi connectivity index (χ2n) is 1.83. The van der Waals surface area contributed by atoms with Crippen LogP contribution in [0.3, 0.4) is 0 Å². The van der Waals surface area contributed by atoms with Gasteiger partial charge in [-0.25, -0.2) is 4.98 Å². The van der Waals surface area contributed by atoms with Crippen molar-refractivity contribution in [1.82, 2.24) is 15.0 Å². The summed E-state index contributed by atoms with van der Waals surface area (Å²) < 4.78 is 0. The fourth-order valence-corrected chi connectivity index (χ4v) is 0.784. The van der Waals surface area contributed by atoms with E-state index in [9.17, 15) is 0 Å². The number of aromatic nitrogens is 3. The van der Waals surface area contributed by atoms with Gasteiger partial charge in [-0.15, -0.1) is 0 Å². The Morgan fingerprint density at radius 3 is 3.00 bits per heavy atom. The zero-order valence-electron chi connectivity index (χ0n) is 5.70. The lowest BCUT2D eigenvalue weighted by Crippen LogP contribution is -1.79. The molecule has 0 spiro atoms. The maximum absolute atomic E-state index is 3.93. The van der Waals surface area contributed by atoms with Crippen molar-refractivity contribution in [2.45, 2.75) is 0 Å². The average Bonchev–Trinajstić information content (AvgIpc) is 2.33. The molecule has 0 aromatic heterocycles. The smallest absolute Gasteiger partial charge is 0.345 e. The fraction of sp³-hybridized carbons (Fsp3) is 0. The van der Waals surface area contributed by atoms with E-state index in [1.54, 1.807) is 24.9 Å². The molecule has 0 saturated carbocycles. The quantitative estimate of drug-likeness (QED) is 0.564. The number of rotatable bonds is 0. The van der Waals surface area contributed by atoms with Crippen molar-refractivity contribution in [2.75, 3.05) is 0 Å². The van der Waals surface area contributed by atoms with Crippen LogP contribution >= 0.6 is 0 Å². The number of fused-ring (bicyclic) bond motifs is 1. The SMILES string of the molecule is [H+].c1ncc2cncc-2[nH]1. The second kappa shape index (κ2) is 1.55. The molecule has 2 aliphatic heterocycles. The molecule has 0 radical (unpaired) electrons. The van der Waals surface area contributed by atoms with Crippen LogP contribution in [-0.4, -0.2) is 15.0 Å². The highest BCUT2D eigenvalue weighted by Gasteiger charge is 1.98. The molecule has 2 aliphatic rings. The number of hydrogen-bond donors (Lipinski definition) is 1. The topological polar surface area (TPSA) is 41.6 Å². The normalized spacial score (nSPS) is 10.2. The van der Waals surface area contributed by atoms with Gasteiger partial charge >= 0.3 is 1.43 Å². The van der Waals surface area contributed by atoms with Gasteiger partial charge in [0.25, 0.3) is 0 Å². The van der Waals surface area contributed by atoms with E-state index >= 15 is 0 Å². The third kappa shape index (κ3) is 0.579. The van der Waals surface area contributed by atoms with Crippen LogP contribution in [0.2, 0.25) is 0 Å². The van der Waals surface area contributed by atoms with E-state index in [4.69, 9.17) is 0 Å². The first-order chi connectivity index (χ1) is 4.47. The average molecular weight is 120 g/mol. The minimum atomic E-state index is 0. The van der Waals surface area contributed by atoms with E-state index in [2.05, 4.69) is 15.0 Å². The van der Waals surface area contributed by atoms with Gasteiger partial charge in [-0.05, 0) is 0 Å². The summed E-state index contributed by atoms with van der Waals surface area (Å²) in [6.07, 6.45) is 6.97. The molecule has 0 unspecified atom stereocenters. The molecule has 44 valence electrons. The monoisotopic (exact) mass is 120 g/mol. The number of aromatic amines is 1. The molecule has 0 amide bonds. The maximum Gasteiger partial charge on any atom is 1.00 e. The number of H-pyrrole nitrogens is 1. The first-order valence-corrected chi connectivity index (χ1v) is 2.69. The first kappa shape index (κ1) is 4.49. The molecular weight excluding hydrogens is 114 g/mol. The van der Waals surface area contributed by atoms with Gasteiger partial charge in [0.1, 0.15) is 0 Å². The van der Waals surface area contributed by atoms with Crippen molar-refractivity contribution in [3.8, 4) is 11.3 Å². The van der Waals surface area contributed by atoms with Gasteiger partial charge in [-0.1, -0.05) is 0 Å². The van der Waals surface area contributed by atoms with Crippen LogP contribution < -0.4 is 0 Å². The van der Waals surface area contributed by atoms with Crippen LogP contribution in [0.1, 0.15) is 1.43 Å². The molecule has 0 atom stereocenters. The summed E-state index contributed by atoms with van der Waals surface area (Å²) in [5, 5.41) is 0. The number of hydrogen-bond acceptors (Lipinski definition) is 2. The van der Waals surface area contributed by atoms with Crippen molar-refractivity contribution >= 4 is 0 Å². The van der Waals surface area contributed by atoms with E-state index in [0.717, 1.165) is 11.3 Å². The lowest BCUT2D eigenvalue weighted by atomic mass is 10.3. The zero-order chi connectivity index (χ0) is 6.10. The molecule has 3 heteroatoms. The molecule has 0 bridgehead atoms. The molecule has 0 saturated heterocycles. The summed E-state index contributed by atoms with van der Waals surface area (Å²) in [7, 11) is 0. The van der Waals surface area contributed by atoms with Crippen molar-refractivity contribution in [2.24, 2.45) is 0 Å². The third-order valence-corrected chi connectivity index (χ3v) is 1.24. The predicted octanol–water partition coefficient (Wildman–Crippen LogP) is 1.02. The maximum atomic E-state index is 3.93. The Labute approximate surface area is 53.6 Å². The minimum Gasteiger partial charge on any atom is -0.345 e. The largest absolute Gasteiger partial charge is 1.00 e. The van der Waals surface area contributed by atoms with Crippen molar-refractivity contribution < 1.29 is 1.43 Å². The van der Waals surface area contributed by atoms with Crippen LogP contribution in [0.4, 0.5) is 0 Å². The molecule has 2 rings (SSSR count). The van der Waals surface area contributed by atoms with E-state index in [-0.39, 0.29) is 1.43 Å². The number of nitrogens with zero attached hydrogens (tertiary/aromatic N) is 2. The second-order valence-corrected chi connectivity index (χ2v) is 1.83. The van der Waals surface area contributed by atoms with E-state index < -0.39 is 0 Å². The van der Waals surface area contributed by atoms with Gasteiger partial charge in [-0.3, -0.25) is 4.98 Å². The van der Waals surface area contributed by atoms with Crippen molar-refractivity contribution in [3.63, 3.8) is 0 Å². The molecule has 0 aromatic carbocycles. The van der Waals surface area contributed by atoms with E-state index in [1.807, 2.05) is 0 Å². The Hall–Kier alpha value is -1.38. The molecule has 2 heterocycles. The van der Waals surface area contributed by atoms with Crippen LogP contribution in [-0.2, 0) is 0 Å². The lowest BCUT2D eigenvalue weighted by molar-refractivity contribution is 1.18. The summed E-state index contributed by atoms with van der Waals surface area (Å²) in [5.74, 6) is 0. The third-order valence-electron chi connectivity index (χ3n) is 1.24. The van der Waals surface area contributed by atoms with Crippen LogP contribution in [0.25, 0.3) is 11.3 Å². The Morgan fingerprint density at radius 1 is 1.22 bits per heavy atom. The zero-order valence-corrected chi connectivity index (χ0v) is 4.70. The van der Waals surface area contributed by atoms with Gasteiger partial charge < -0.3 is 4.98 Å². The summed E-state index contributed by atoms with van der Waals surface area (Å²) in [6, 6.07) is 0. The summed E-state index contributed by atoms with van der Waals surface area (Å²) in [5.41, 5.74) is 2.09. The summed E-state index contributed by atoms with van der Waals surface area (Å²) >= 11 is 0. The molecule has 0 aromatic rings. The van der Waals surface area contributed by atoms with E-state index in [1.165, 1.54) is 0 Å². The Balaban J connectivity index is 0.000000500. The van der Waals surface area contributed by atoms with Gasteiger partial charge in [-0.2, -0.15) is 0 Å². The minimum absolute atomic E-state index is 0. The standard InChI is InChI=1S/C6H5N3/c1-5-2-8-4-9-6(5)3-7-1/h1-4H,(H,8,9)/p+1. The van der Waals surface area contributed by atoms with E-state index in [0.29, 0.717) is 0 Å². The molecule has 3 nitrogen and oxygen atoms in total. The van der Waals surface area contributed by atoms with Gasteiger partial charge in [0.15, 0.2) is 0 Å². The molecule has 9 heavy (non-hydrogen) atoms. The Morgan fingerprint density at radius 2 is 2.11 bits per heavy atom. The highest BCUT2D eigenvalue weighted by molar-refractivity contribution is 5.56. The fourth-order valence-electron chi connectivity index (χ4n) is 0.784. The molecule has 0 aliphatic carbocycles. The Bertz CT molecular complexity index is 253. The van der Waals surface area contributed by atoms with Crippen molar-refractivity contribution in [3.05, 3.63) is 24.9 Å². The van der Waals surface area contributed by atoms with Crippen LogP contribution in [0.5, 0.6) is 0 Å². The number of nitrogens with one attached hydrogen (secondary N) is 1. The molecule has 0 fully saturated rings. The predicted molar refractivity (Wildman–Crippen MR) is 34.1 cm³/mol. The van der Waals surface area contributed by atoms with Gasteiger partial charge in [0, 0.05) is 18.0 Å².